The molecule has 4 atom stereocenters. The number of hydrogen-bond donors (Lipinski definition) is 0. The van der Waals surface area contributed by atoms with Gasteiger partial charge in [0.25, 0.3) is 0 Å². The van der Waals surface area contributed by atoms with E-state index in [2.05, 4.69) is 62.2 Å². The smallest absolute Gasteiger partial charge is 0.168 e. The summed E-state index contributed by atoms with van der Waals surface area (Å²) in [5.41, 5.74) is 4.66. The van der Waals surface area contributed by atoms with Crippen molar-refractivity contribution in [2.24, 2.45) is 5.92 Å². The summed E-state index contributed by atoms with van der Waals surface area (Å²) in [6.45, 7) is 4.21. The van der Waals surface area contributed by atoms with Crippen molar-refractivity contribution < 1.29 is 4.79 Å². The summed E-state index contributed by atoms with van der Waals surface area (Å²) in [5.74, 6) is 0.723. The molecule has 2 aliphatic heterocycles. The minimum atomic E-state index is 0.0624. The van der Waals surface area contributed by atoms with Gasteiger partial charge in [0.05, 0.1) is 0 Å². The second-order valence-electron chi connectivity index (χ2n) is 7.98. The van der Waals surface area contributed by atoms with Crippen LogP contribution in [0, 0.1) is 19.8 Å². The van der Waals surface area contributed by atoms with E-state index >= 15 is 0 Å². The highest BCUT2D eigenvalue weighted by molar-refractivity contribution is 5.99. The SMILES string of the molecule is Cc1cccc(C(=O)C2C(c3cccc(C)c3)CC3CCC2N3C)c1. The number of benzene rings is 2. The first-order valence-electron chi connectivity index (χ1n) is 9.44. The normalized spacial score (nSPS) is 28.9. The number of fused-ring (bicyclic) bond motifs is 2. The van der Waals surface area contributed by atoms with Crippen LogP contribution in [-0.2, 0) is 0 Å². The predicted octanol–water partition coefficient (Wildman–Crippen LogP) is 4.75. The lowest BCUT2D eigenvalue weighted by molar-refractivity contribution is 0.0643. The van der Waals surface area contributed by atoms with Crippen LogP contribution < -0.4 is 0 Å². The molecule has 0 saturated carbocycles. The van der Waals surface area contributed by atoms with Gasteiger partial charge in [0.15, 0.2) is 5.78 Å². The van der Waals surface area contributed by atoms with E-state index in [-0.39, 0.29) is 5.92 Å². The van der Waals surface area contributed by atoms with Crippen molar-refractivity contribution in [1.82, 2.24) is 4.90 Å². The molecule has 2 aromatic carbocycles. The molecular weight excluding hydrogens is 306 g/mol. The van der Waals surface area contributed by atoms with Gasteiger partial charge < -0.3 is 0 Å². The van der Waals surface area contributed by atoms with E-state index in [4.69, 9.17) is 0 Å². The quantitative estimate of drug-likeness (QED) is 0.755. The molecule has 2 heterocycles. The molecule has 130 valence electrons. The maximum atomic E-state index is 13.5. The molecule has 0 aliphatic carbocycles. The monoisotopic (exact) mass is 333 g/mol. The van der Waals surface area contributed by atoms with Gasteiger partial charge in [-0.15, -0.1) is 0 Å². The fourth-order valence-corrected chi connectivity index (χ4v) is 5.06. The molecule has 0 N–H and O–H groups in total. The van der Waals surface area contributed by atoms with E-state index in [9.17, 15) is 4.79 Å². The van der Waals surface area contributed by atoms with Gasteiger partial charge in [-0.3, -0.25) is 9.69 Å². The van der Waals surface area contributed by atoms with E-state index in [0.717, 1.165) is 24.0 Å². The van der Waals surface area contributed by atoms with Crippen molar-refractivity contribution in [2.45, 2.75) is 51.1 Å². The fourth-order valence-electron chi connectivity index (χ4n) is 5.06. The van der Waals surface area contributed by atoms with Gasteiger partial charge in [-0.25, -0.2) is 0 Å². The van der Waals surface area contributed by atoms with Crippen LogP contribution in [-0.4, -0.2) is 29.8 Å². The molecule has 2 saturated heterocycles. The molecule has 2 aliphatic rings. The van der Waals surface area contributed by atoms with Crippen molar-refractivity contribution in [3.63, 3.8) is 0 Å². The van der Waals surface area contributed by atoms with Gasteiger partial charge >= 0.3 is 0 Å². The fraction of sp³-hybridized carbons (Fsp3) is 0.435. The van der Waals surface area contributed by atoms with Crippen LogP contribution in [0.4, 0.5) is 0 Å². The van der Waals surface area contributed by atoms with Gasteiger partial charge in [-0.1, -0.05) is 53.6 Å². The summed E-state index contributed by atoms with van der Waals surface area (Å²) in [4.78, 5) is 16.0. The molecule has 2 fully saturated rings. The number of rotatable bonds is 3. The lowest BCUT2D eigenvalue weighted by Gasteiger charge is -2.42. The van der Waals surface area contributed by atoms with Crippen molar-refractivity contribution in [1.29, 1.82) is 0 Å². The number of ketones is 1. The molecule has 2 bridgehead atoms. The standard InChI is InChI=1S/C23H27NO/c1-15-6-4-8-17(12-15)20-14-19-10-11-21(24(19)3)22(20)23(25)18-9-5-7-16(2)13-18/h4-9,12-13,19-22H,10-11,14H2,1-3H3. The minimum Gasteiger partial charge on any atom is -0.300 e. The molecule has 2 nitrogen and oxygen atoms in total. The van der Waals surface area contributed by atoms with Crippen LogP contribution in [0.1, 0.15) is 52.2 Å². The Kier molecular flexibility index (Phi) is 4.24. The summed E-state index contributed by atoms with van der Waals surface area (Å²) in [6, 6.07) is 17.9. The zero-order valence-corrected chi connectivity index (χ0v) is 15.4. The summed E-state index contributed by atoms with van der Waals surface area (Å²) < 4.78 is 0. The molecule has 0 aromatic heterocycles. The van der Waals surface area contributed by atoms with E-state index in [1.165, 1.54) is 17.5 Å². The number of carbonyl (C=O) groups excluding carboxylic acids is 1. The lowest BCUT2D eigenvalue weighted by atomic mass is 9.72. The molecule has 25 heavy (non-hydrogen) atoms. The van der Waals surface area contributed by atoms with Gasteiger partial charge in [0, 0.05) is 23.6 Å². The van der Waals surface area contributed by atoms with Crippen LogP contribution >= 0.6 is 0 Å². The largest absolute Gasteiger partial charge is 0.300 e. The molecule has 2 aromatic rings. The van der Waals surface area contributed by atoms with Crippen molar-refractivity contribution in [2.75, 3.05) is 7.05 Å². The number of hydrogen-bond acceptors (Lipinski definition) is 2. The highest BCUT2D eigenvalue weighted by atomic mass is 16.1. The number of Topliss-reactive ketones (excluding diaryl/α,β-unsaturated/α-hetero) is 1. The third kappa shape index (κ3) is 2.93. The van der Waals surface area contributed by atoms with E-state index < -0.39 is 0 Å². The zero-order valence-electron chi connectivity index (χ0n) is 15.4. The number of carbonyl (C=O) groups is 1. The van der Waals surface area contributed by atoms with Crippen LogP contribution in [0.2, 0.25) is 0 Å². The summed E-state index contributed by atoms with van der Waals surface area (Å²) in [6.07, 6.45) is 3.46. The molecule has 4 rings (SSSR count). The summed E-state index contributed by atoms with van der Waals surface area (Å²) >= 11 is 0. The Balaban J connectivity index is 1.75. The van der Waals surface area contributed by atoms with Crippen molar-refractivity contribution in [3.8, 4) is 0 Å². The number of aryl methyl sites for hydroxylation is 2. The average molecular weight is 333 g/mol. The molecule has 2 heteroatoms. The van der Waals surface area contributed by atoms with Gasteiger partial charge in [-0.05, 0) is 57.7 Å². The summed E-state index contributed by atoms with van der Waals surface area (Å²) in [5, 5.41) is 0. The second-order valence-corrected chi connectivity index (χ2v) is 7.98. The molecule has 0 radical (unpaired) electrons. The Morgan fingerprint density at radius 2 is 1.72 bits per heavy atom. The van der Waals surface area contributed by atoms with Crippen molar-refractivity contribution >= 4 is 5.78 Å². The third-order valence-corrected chi connectivity index (χ3v) is 6.34. The van der Waals surface area contributed by atoms with Crippen LogP contribution in [0.15, 0.2) is 48.5 Å². The highest BCUT2D eigenvalue weighted by Gasteiger charge is 2.48. The lowest BCUT2D eigenvalue weighted by Crippen LogP contribution is -2.48. The second kappa shape index (κ2) is 6.42. The van der Waals surface area contributed by atoms with Crippen LogP contribution in [0.5, 0.6) is 0 Å². The molecule has 4 unspecified atom stereocenters. The first-order valence-corrected chi connectivity index (χ1v) is 9.44. The predicted molar refractivity (Wildman–Crippen MR) is 102 cm³/mol. The van der Waals surface area contributed by atoms with Crippen LogP contribution in [0.3, 0.4) is 0 Å². The zero-order chi connectivity index (χ0) is 17.6. The van der Waals surface area contributed by atoms with Gasteiger partial charge in [0.2, 0.25) is 0 Å². The van der Waals surface area contributed by atoms with Gasteiger partial charge in [0.1, 0.15) is 0 Å². The topological polar surface area (TPSA) is 20.3 Å². The van der Waals surface area contributed by atoms with E-state index in [1.54, 1.807) is 0 Å². The van der Waals surface area contributed by atoms with E-state index in [1.807, 2.05) is 12.1 Å². The summed E-state index contributed by atoms with van der Waals surface area (Å²) in [7, 11) is 2.21. The Bertz CT molecular complexity index is 796. The molecular formula is C23H27NO. The third-order valence-electron chi connectivity index (χ3n) is 6.34. The van der Waals surface area contributed by atoms with Crippen molar-refractivity contribution in [3.05, 3.63) is 70.8 Å². The van der Waals surface area contributed by atoms with E-state index in [0.29, 0.717) is 23.8 Å². The maximum absolute atomic E-state index is 13.5. The minimum absolute atomic E-state index is 0.0624. The molecule has 0 spiro atoms. The number of nitrogens with zero attached hydrogens (tertiary/aromatic N) is 1. The first kappa shape index (κ1) is 16.5. The first-order chi connectivity index (χ1) is 12.0. The maximum Gasteiger partial charge on any atom is 0.168 e. The Morgan fingerprint density at radius 3 is 2.44 bits per heavy atom. The highest BCUT2D eigenvalue weighted by Crippen LogP contribution is 2.47. The number of piperidine rings is 1. The Morgan fingerprint density at radius 1 is 1.00 bits per heavy atom. The Hall–Kier alpha value is -1.93. The average Bonchev–Trinajstić information content (AvgIpc) is 2.83. The Labute approximate surface area is 150 Å². The van der Waals surface area contributed by atoms with Crippen LogP contribution in [0.25, 0.3) is 0 Å². The molecule has 0 amide bonds. The van der Waals surface area contributed by atoms with Gasteiger partial charge in [-0.2, -0.15) is 0 Å².